The van der Waals surface area contributed by atoms with Crippen molar-refractivity contribution in [2.45, 2.75) is 0 Å². The molecule has 0 aliphatic carbocycles. The van der Waals surface area contributed by atoms with Gasteiger partial charge in [-0.15, -0.1) is 6.42 Å². The Kier molecular flexibility index (Phi) is 3.01. The minimum absolute atomic E-state index is 0.0297. The van der Waals surface area contributed by atoms with Gasteiger partial charge in [0.15, 0.2) is 0 Å². The van der Waals surface area contributed by atoms with Crippen LogP contribution < -0.4 is 11.5 Å². The normalized spacial score (nSPS) is 9.63. The number of aromatic nitrogens is 2. The van der Waals surface area contributed by atoms with Crippen molar-refractivity contribution in [2.24, 2.45) is 0 Å². The summed E-state index contributed by atoms with van der Waals surface area (Å²) < 4.78 is 14.1. The first-order valence-corrected chi connectivity index (χ1v) is 5.17. The molecular weight excluding hydrogens is 245 g/mol. The average molecular weight is 253 g/mol. The van der Waals surface area contributed by atoms with Crippen molar-refractivity contribution in [3.05, 3.63) is 35.1 Å². The van der Waals surface area contributed by atoms with Crippen molar-refractivity contribution < 1.29 is 4.39 Å². The molecule has 0 aliphatic heterocycles. The predicted octanol–water partition coefficient (Wildman–Crippen LogP) is 1.30. The zero-order chi connectivity index (χ0) is 14.0. The summed E-state index contributed by atoms with van der Waals surface area (Å²) in [5, 5.41) is 9.06. The second-order valence-electron chi connectivity index (χ2n) is 3.61. The molecule has 2 rings (SSSR count). The summed E-state index contributed by atoms with van der Waals surface area (Å²) in [4.78, 5) is 7.53. The van der Waals surface area contributed by atoms with Crippen molar-refractivity contribution in [1.82, 2.24) is 9.97 Å². The van der Waals surface area contributed by atoms with Gasteiger partial charge in [0.05, 0.1) is 11.3 Å². The van der Waals surface area contributed by atoms with Crippen LogP contribution in [-0.4, -0.2) is 9.97 Å². The lowest BCUT2D eigenvalue weighted by Gasteiger charge is -2.08. The van der Waals surface area contributed by atoms with Gasteiger partial charge in [-0.05, 0) is 12.1 Å². The molecule has 0 fully saturated rings. The van der Waals surface area contributed by atoms with Crippen molar-refractivity contribution in [2.75, 3.05) is 11.5 Å². The lowest BCUT2D eigenvalue weighted by molar-refractivity contribution is 0.627. The van der Waals surface area contributed by atoms with Crippen LogP contribution in [0.25, 0.3) is 11.3 Å². The van der Waals surface area contributed by atoms with E-state index in [1.165, 1.54) is 12.1 Å². The summed E-state index contributed by atoms with van der Waals surface area (Å²) >= 11 is 0. The van der Waals surface area contributed by atoms with Crippen LogP contribution in [-0.2, 0) is 0 Å². The van der Waals surface area contributed by atoms with Crippen LogP contribution in [0.15, 0.2) is 18.2 Å². The molecule has 0 atom stereocenters. The molecule has 2 aromatic rings. The maximum absolute atomic E-state index is 14.1. The quantitative estimate of drug-likeness (QED) is 0.746. The molecule has 0 spiro atoms. The van der Waals surface area contributed by atoms with Crippen LogP contribution in [0.2, 0.25) is 0 Å². The van der Waals surface area contributed by atoms with Gasteiger partial charge in [0, 0.05) is 5.56 Å². The zero-order valence-electron chi connectivity index (χ0n) is 9.68. The highest BCUT2D eigenvalue weighted by Crippen LogP contribution is 2.28. The van der Waals surface area contributed by atoms with E-state index in [0.717, 1.165) is 0 Å². The third-order valence-corrected chi connectivity index (χ3v) is 2.48. The number of nitrogen functional groups attached to an aromatic ring is 2. The first-order chi connectivity index (χ1) is 9.08. The van der Waals surface area contributed by atoms with Crippen LogP contribution in [0.3, 0.4) is 0 Å². The Morgan fingerprint density at radius 1 is 1.26 bits per heavy atom. The molecule has 4 N–H and O–H groups in total. The number of nitrogens with zero attached hydrogens (tertiary/aromatic N) is 3. The maximum Gasteiger partial charge on any atom is 0.222 e. The van der Waals surface area contributed by atoms with Crippen molar-refractivity contribution in [3.8, 4) is 29.7 Å². The van der Waals surface area contributed by atoms with Gasteiger partial charge >= 0.3 is 0 Å². The van der Waals surface area contributed by atoms with E-state index >= 15 is 0 Å². The highest BCUT2D eigenvalue weighted by atomic mass is 19.1. The highest BCUT2D eigenvalue weighted by molar-refractivity contribution is 5.74. The summed E-state index contributed by atoms with van der Waals surface area (Å²) in [7, 11) is 0. The second kappa shape index (κ2) is 4.63. The third-order valence-electron chi connectivity index (χ3n) is 2.48. The lowest BCUT2D eigenvalue weighted by atomic mass is 10.0. The molecule has 5 nitrogen and oxygen atoms in total. The zero-order valence-corrected chi connectivity index (χ0v) is 9.68. The van der Waals surface area contributed by atoms with Crippen LogP contribution in [0.1, 0.15) is 11.1 Å². The molecule has 19 heavy (non-hydrogen) atoms. The number of benzene rings is 1. The first kappa shape index (κ1) is 12.3. The van der Waals surface area contributed by atoms with Gasteiger partial charge in [-0.1, -0.05) is 12.0 Å². The number of nitrogens with two attached hydrogens (primary N) is 2. The Morgan fingerprint density at radius 3 is 2.63 bits per heavy atom. The maximum atomic E-state index is 14.1. The van der Waals surface area contributed by atoms with E-state index in [2.05, 4.69) is 15.9 Å². The van der Waals surface area contributed by atoms with Gasteiger partial charge in [0.25, 0.3) is 0 Å². The second-order valence-corrected chi connectivity index (χ2v) is 3.61. The molecule has 1 heterocycles. The van der Waals surface area contributed by atoms with Crippen molar-refractivity contribution in [1.29, 1.82) is 5.26 Å². The van der Waals surface area contributed by atoms with E-state index in [1.54, 1.807) is 6.07 Å². The Bertz CT molecular complexity index is 740. The van der Waals surface area contributed by atoms with E-state index in [4.69, 9.17) is 23.2 Å². The van der Waals surface area contributed by atoms with Crippen LogP contribution in [0.5, 0.6) is 0 Å². The number of anilines is 2. The number of hydrogen-bond acceptors (Lipinski definition) is 5. The molecule has 0 radical (unpaired) electrons. The molecular formula is C13H8FN5. The van der Waals surface area contributed by atoms with Gasteiger partial charge < -0.3 is 11.5 Å². The standard InChI is InChI=1S/C13H8FN5/c1-2-7-4-3-5-8(10(7)14)11-9(6-15)12(16)19-13(17)18-11/h1,3-5H,(H4,16,17,18,19). The van der Waals surface area contributed by atoms with Gasteiger partial charge in [0.1, 0.15) is 23.3 Å². The Morgan fingerprint density at radius 2 is 2.00 bits per heavy atom. The average Bonchev–Trinajstić information content (AvgIpc) is 2.38. The fourth-order valence-electron chi connectivity index (χ4n) is 1.63. The van der Waals surface area contributed by atoms with Gasteiger partial charge in [-0.2, -0.15) is 10.2 Å². The van der Waals surface area contributed by atoms with Gasteiger partial charge in [-0.25, -0.2) is 9.37 Å². The fraction of sp³-hybridized carbons (Fsp3) is 0. The third kappa shape index (κ3) is 2.03. The lowest BCUT2D eigenvalue weighted by Crippen LogP contribution is -2.06. The van der Waals surface area contributed by atoms with E-state index in [0.29, 0.717) is 0 Å². The van der Waals surface area contributed by atoms with Crippen LogP contribution >= 0.6 is 0 Å². The Hall–Kier alpha value is -3.12. The molecule has 92 valence electrons. The molecule has 0 bridgehead atoms. The predicted molar refractivity (Wildman–Crippen MR) is 68.9 cm³/mol. The molecule has 0 saturated heterocycles. The first-order valence-electron chi connectivity index (χ1n) is 5.17. The molecule has 0 aliphatic rings. The van der Waals surface area contributed by atoms with E-state index in [1.807, 2.05) is 6.07 Å². The summed E-state index contributed by atoms with van der Waals surface area (Å²) in [5.41, 5.74) is 11.2. The summed E-state index contributed by atoms with van der Waals surface area (Å²) in [6.45, 7) is 0. The van der Waals surface area contributed by atoms with E-state index in [9.17, 15) is 4.39 Å². The molecule has 0 unspecified atom stereocenters. The monoisotopic (exact) mass is 253 g/mol. The SMILES string of the molecule is C#Cc1cccc(-c2nc(N)nc(N)c2C#N)c1F. The number of hydrogen-bond donors (Lipinski definition) is 2. The minimum atomic E-state index is -0.654. The van der Waals surface area contributed by atoms with Crippen molar-refractivity contribution >= 4 is 11.8 Å². The fourth-order valence-corrected chi connectivity index (χ4v) is 1.63. The van der Waals surface area contributed by atoms with E-state index < -0.39 is 5.82 Å². The topological polar surface area (TPSA) is 102 Å². The number of nitriles is 1. The smallest absolute Gasteiger partial charge is 0.222 e. The minimum Gasteiger partial charge on any atom is -0.382 e. The number of halogens is 1. The number of terminal acetylenes is 1. The highest BCUT2D eigenvalue weighted by Gasteiger charge is 2.17. The Balaban J connectivity index is 2.81. The number of rotatable bonds is 1. The molecule has 1 aromatic carbocycles. The van der Waals surface area contributed by atoms with Crippen LogP contribution in [0, 0.1) is 29.5 Å². The van der Waals surface area contributed by atoms with Crippen molar-refractivity contribution in [3.63, 3.8) is 0 Å². The Labute approximate surface area is 108 Å². The molecule has 1 aromatic heterocycles. The van der Waals surface area contributed by atoms with Gasteiger partial charge in [0.2, 0.25) is 5.95 Å². The molecule has 6 heteroatoms. The molecule has 0 saturated carbocycles. The van der Waals surface area contributed by atoms with Gasteiger partial charge in [-0.3, -0.25) is 0 Å². The largest absolute Gasteiger partial charge is 0.382 e. The summed E-state index contributed by atoms with van der Waals surface area (Å²) in [6, 6.07) is 6.28. The summed E-state index contributed by atoms with van der Waals surface area (Å²) in [5.74, 6) is 1.31. The van der Waals surface area contributed by atoms with E-state index in [-0.39, 0.29) is 34.2 Å². The molecule has 0 amide bonds. The summed E-state index contributed by atoms with van der Waals surface area (Å²) in [6.07, 6.45) is 5.19. The van der Waals surface area contributed by atoms with Crippen LogP contribution in [0.4, 0.5) is 16.2 Å².